The van der Waals surface area contributed by atoms with E-state index in [0.717, 1.165) is 37.9 Å². The summed E-state index contributed by atoms with van der Waals surface area (Å²) in [5, 5.41) is 3.20. The average Bonchev–Trinajstić information content (AvgIpc) is 3.59. The summed E-state index contributed by atoms with van der Waals surface area (Å²) in [4.78, 5) is 29.0. The molecule has 6 heteroatoms. The highest BCUT2D eigenvalue weighted by atomic mass is 16.5. The van der Waals surface area contributed by atoms with Gasteiger partial charge in [0.05, 0.1) is 0 Å². The van der Waals surface area contributed by atoms with Gasteiger partial charge in [0.2, 0.25) is 5.88 Å². The van der Waals surface area contributed by atoms with Crippen molar-refractivity contribution in [1.82, 2.24) is 15.2 Å². The van der Waals surface area contributed by atoms with Crippen molar-refractivity contribution >= 4 is 12.1 Å². The first-order chi connectivity index (χ1) is 16.1. The minimum atomic E-state index is -0.102. The molecular formula is C27H27N3O3. The van der Waals surface area contributed by atoms with Gasteiger partial charge in [-0.2, -0.15) is 0 Å². The Morgan fingerprint density at radius 1 is 1.03 bits per heavy atom. The lowest BCUT2D eigenvalue weighted by Crippen LogP contribution is -2.44. The third-order valence-corrected chi connectivity index (χ3v) is 6.22. The van der Waals surface area contributed by atoms with E-state index in [9.17, 15) is 9.59 Å². The molecule has 1 aliphatic heterocycles. The van der Waals surface area contributed by atoms with E-state index in [-0.39, 0.29) is 17.5 Å². The van der Waals surface area contributed by atoms with E-state index in [0.29, 0.717) is 17.5 Å². The van der Waals surface area contributed by atoms with Gasteiger partial charge in [0.15, 0.2) is 5.43 Å². The number of carbonyl (C=O) groups is 1. The molecule has 1 aromatic heterocycles. The second-order valence-corrected chi connectivity index (χ2v) is 8.66. The molecular weight excluding hydrogens is 414 g/mol. The number of aromatic amines is 1. The Morgan fingerprint density at radius 3 is 2.64 bits per heavy atom. The quantitative estimate of drug-likeness (QED) is 0.591. The molecule has 2 amide bonds. The minimum Gasteiger partial charge on any atom is -0.441 e. The Hall–Kier alpha value is -3.80. The standard InChI is InChI=1S/C27H27N3O3/c31-22-9-12-28-26(17-22)33-23-8-4-5-20(16-23)15-19-10-13-30(14-11-19)27(32)29-25-18-24(25)21-6-2-1-3-7-21/h1-9,12,15-17,24-25H,10-11,13-14,18H2,(H,28,31)(H,29,32)/t24-,25?/m0/s1. The van der Waals surface area contributed by atoms with Gasteiger partial charge in [0.25, 0.3) is 0 Å². The van der Waals surface area contributed by atoms with Crippen LogP contribution in [-0.4, -0.2) is 35.0 Å². The van der Waals surface area contributed by atoms with E-state index < -0.39 is 0 Å². The molecule has 33 heavy (non-hydrogen) atoms. The number of H-pyrrole nitrogens is 1. The number of aromatic nitrogens is 1. The second-order valence-electron chi connectivity index (χ2n) is 8.66. The Morgan fingerprint density at radius 2 is 1.85 bits per heavy atom. The van der Waals surface area contributed by atoms with Gasteiger partial charge in [-0.1, -0.05) is 54.1 Å². The zero-order chi connectivity index (χ0) is 22.6. The highest BCUT2D eigenvalue weighted by Gasteiger charge is 2.40. The summed E-state index contributed by atoms with van der Waals surface area (Å²) in [5.41, 5.74) is 3.56. The Balaban J connectivity index is 1.14. The van der Waals surface area contributed by atoms with Crippen molar-refractivity contribution in [3.05, 3.63) is 99.9 Å². The van der Waals surface area contributed by atoms with Gasteiger partial charge in [-0.25, -0.2) is 4.79 Å². The monoisotopic (exact) mass is 441 g/mol. The van der Waals surface area contributed by atoms with Gasteiger partial charge in [0.1, 0.15) is 5.75 Å². The van der Waals surface area contributed by atoms with Crippen LogP contribution in [0.3, 0.4) is 0 Å². The van der Waals surface area contributed by atoms with Crippen LogP contribution < -0.4 is 15.5 Å². The van der Waals surface area contributed by atoms with Gasteiger partial charge in [-0.15, -0.1) is 0 Å². The highest BCUT2D eigenvalue weighted by Crippen LogP contribution is 2.40. The van der Waals surface area contributed by atoms with Crippen LogP contribution in [0.2, 0.25) is 0 Å². The summed E-state index contributed by atoms with van der Waals surface area (Å²) in [6, 6.07) is 21.3. The fourth-order valence-electron chi connectivity index (χ4n) is 4.33. The van der Waals surface area contributed by atoms with Gasteiger partial charge in [-0.05, 0) is 42.5 Å². The van der Waals surface area contributed by atoms with Gasteiger partial charge in [0, 0.05) is 43.4 Å². The summed E-state index contributed by atoms with van der Waals surface area (Å²) in [5.74, 6) is 1.52. The average molecular weight is 442 g/mol. The third kappa shape index (κ3) is 5.34. The van der Waals surface area contributed by atoms with Crippen LogP contribution in [0.25, 0.3) is 6.08 Å². The second kappa shape index (κ2) is 9.36. The number of hydrogen-bond acceptors (Lipinski definition) is 3. The van der Waals surface area contributed by atoms with E-state index >= 15 is 0 Å². The number of piperidine rings is 1. The van der Waals surface area contributed by atoms with Crippen molar-refractivity contribution in [3.63, 3.8) is 0 Å². The normalized spacial score (nSPS) is 19.6. The summed E-state index contributed by atoms with van der Waals surface area (Å²) >= 11 is 0. The largest absolute Gasteiger partial charge is 0.441 e. The first-order valence-corrected chi connectivity index (χ1v) is 11.4. The van der Waals surface area contributed by atoms with Crippen molar-refractivity contribution in [2.75, 3.05) is 13.1 Å². The predicted octanol–water partition coefficient (Wildman–Crippen LogP) is 4.91. The van der Waals surface area contributed by atoms with Crippen LogP contribution in [0.5, 0.6) is 11.6 Å². The summed E-state index contributed by atoms with van der Waals surface area (Å²) in [6.07, 6.45) is 6.47. The lowest BCUT2D eigenvalue weighted by Gasteiger charge is -2.28. The number of likely N-dealkylation sites (tertiary alicyclic amines) is 1. The van der Waals surface area contributed by atoms with Crippen molar-refractivity contribution in [2.24, 2.45) is 0 Å². The minimum absolute atomic E-state index is 0.0460. The summed E-state index contributed by atoms with van der Waals surface area (Å²) in [7, 11) is 0. The van der Waals surface area contributed by atoms with Crippen molar-refractivity contribution in [1.29, 1.82) is 0 Å². The molecule has 0 bridgehead atoms. The molecule has 0 radical (unpaired) electrons. The van der Waals surface area contributed by atoms with E-state index in [1.54, 1.807) is 6.20 Å². The van der Waals surface area contributed by atoms with E-state index in [1.807, 2.05) is 35.2 Å². The molecule has 1 aliphatic carbocycles. The molecule has 2 aromatic carbocycles. The molecule has 6 nitrogen and oxygen atoms in total. The van der Waals surface area contributed by atoms with E-state index in [4.69, 9.17) is 4.74 Å². The van der Waals surface area contributed by atoms with Crippen molar-refractivity contribution in [3.8, 4) is 11.6 Å². The number of rotatable bonds is 5. The number of nitrogens with zero attached hydrogens (tertiary/aromatic N) is 1. The van der Waals surface area contributed by atoms with Crippen LogP contribution >= 0.6 is 0 Å². The lowest BCUT2D eigenvalue weighted by molar-refractivity contribution is 0.193. The maximum atomic E-state index is 12.7. The molecule has 2 heterocycles. The fourth-order valence-corrected chi connectivity index (χ4v) is 4.33. The summed E-state index contributed by atoms with van der Waals surface area (Å²) < 4.78 is 5.77. The first kappa shape index (κ1) is 21.1. The molecule has 1 saturated carbocycles. The summed E-state index contributed by atoms with van der Waals surface area (Å²) in [6.45, 7) is 1.45. The van der Waals surface area contributed by atoms with Crippen molar-refractivity contribution < 1.29 is 9.53 Å². The number of carbonyl (C=O) groups excluding carboxylic acids is 1. The van der Waals surface area contributed by atoms with Crippen molar-refractivity contribution in [2.45, 2.75) is 31.2 Å². The Labute approximate surface area is 192 Å². The molecule has 5 rings (SSSR count). The number of nitrogens with one attached hydrogen (secondary N) is 2. The van der Waals surface area contributed by atoms with Gasteiger partial charge < -0.3 is 19.9 Å². The van der Waals surface area contributed by atoms with E-state index in [2.05, 4.69) is 40.6 Å². The van der Waals surface area contributed by atoms with Gasteiger partial charge in [-0.3, -0.25) is 4.79 Å². The molecule has 0 spiro atoms. The third-order valence-electron chi connectivity index (χ3n) is 6.22. The number of urea groups is 1. The lowest BCUT2D eigenvalue weighted by atomic mass is 10.0. The number of amides is 2. The zero-order valence-corrected chi connectivity index (χ0v) is 18.4. The SMILES string of the molecule is O=C(NC1C[C@H]1c1ccccc1)N1CCC(=Cc2cccc(Oc3cc(=O)cc[nH]3)c2)CC1. The van der Waals surface area contributed by atoms with Crippen LogP contribution in [0.4, 0.5) is 4.79 Å². The topological polar surface area (TPSA) is 74.4 Å². The first-order valence-electron chi connectivity index (χ1n) is 11.4. The predicted molar refractivity (Wildman–Crippen MR) is 128 cm³/mol. The maximum absolute atomic E-state index is 12.7. The molecule has 2 fully saturated rings. The zero-order valence-electron chi connectivity index (χ0n) is 18.4. The highest BCUT2D eigenvalue weighted by molar-refractivity contribution is 5.75. The van der Waals surface area contributed by atoms with Crippen LogP contribution in [-0.2, 0) is 0 Å². The maximum Gasteiger partial charge on any atom is 0.317 e. The number of benzene rings is 2. The molecule has 3 aromatic rings. The fraction of sp³-hybridized carbons (Fsp3) is 0.259. The van der Waals surface area contributed by atoms with Gasteiger partial charge >= 0.3 is 6.03 Å². The number of pyridine rings is 1. The molecule has 1 unspecified atom stereocenters. The smallest absolute Gasteiger partial charge is 0.317 e. The molecule has 1 saturated heterocycles. The van der Waals surface area contributed by atoms with Crippen LogP contribution in [0, 0.1) is 0 Å². The van der Waals surface area contributed by atoms with E-state index in [1.165, 1.54) is 23.3 Å². The number of hydrogen-bond donors (Lipinski definition) is 2. The van der Waals surface area contributed by atoms with Crippen LogP contribution in [0.1, 0.15) is 36.3 Å². The number of ether oxygens (including phenoxy) is 1. The van der Waals surface area contributed by atoms with Crippen LogP contribution in [0.15, 0.2) is 83.3 Å². The molecule has 2 aliphatic rings. The molecule has 2 N–H and O–H groups in total. The molecule has 2 atom stereocenters. The Kier molecular flexibility index (Phi) is 5.98. The Bertz CT molecular complexity index is 1210. The molecule has 168 valence electrons.